The largest absolute Gasteiger partial charge is 0.316 e. The minimum atomic E-state index is 0.827. The second-order valence-corrected chi connectivity index (χ2v) is 6.50. The van der Waals surface area contributed by atoms with Crippen molar-refractivity contribution in [3.63, 3.8) is 0 Å². The van der Waals surface area contributed by atoms with Crippen molar-refractivity contribution in [2.75, 3.05) is 5.32 Å². The van der Waals surface area contributed by atoms with Crippen LogP contribution < -0.4 is 5.32 Å². The summed E-state index contributed by atoms with van der Waals surface area (Å²) in [6.45, 7) is 0. The van der Waals surface area contributed by atoms with Crippen LogP contribution in [0.2, 0.25) is 0 Å². The number of hydrogen-bond donors (Lipinski definition) is 1. The van der Waals surface area contributed by atoms with Crippen molar-refractivity contribution in [2.24, 2.45) is 0 Å². The van der Waals surface area contributed by atoms with Gasteiger partial charge < -0.3 is 5.32 Å². The van der Waals surface area contributed by atoms with E-state index in [0.717, 1.165) is 31.7 Å². The molecule has 2 heterocycles. The lowest BCUT2D eigenvalue weighted by molar-refractivity contribution is 1.31. The molecule has 0 saturated carbocycles. The van der Waals surface area contributed by atoms with Gasteiger partial charge in [0.15, 0.2) is 5.13 Å². The summed E-state index contributed by atoms with van der Waals surface area (Å²) in [5.74, 6) is 0.827. The SMILES string of the molecule is Brc1cnc(Nc2nc3ccccc3s2)c2ccccc12. The molecule has 0 bridgehead atoms. The van der Waals surface area contributed by atoms with Gasteiger partial charge in [-0.15, -0.1) is 0 Å². The van der Waals surface area contributed by atoms with E-state index in [-0.39, 0.29) is 0 Å². The first-order chi connectivity index (χ1) is 10.3. The number of rotatable bonds is 2. The van der Waals surface area contributed by atoms with Crippen LogP contribution in [0.25, 0.3) is 21.0 Å². The van der Waals surface area contributed by atoms with Crippen LogP contribution in [0.4, 0.5) is 10.9 Å². The molecule has 0 saturated heterocycles. The molecule has 21 heavy (non-hydrogen) atoms. The van der Waals surface area contributed by atoms with E-state index in [4.69, 9.17) is 0 Å². The molecular weight excluding hydrogens is 346 g/mol. The summed E-state index contributed by atoms with van der Waals surface area (Å²) >= 11 is 5.17. The number of hydrogen-bond acceptors (Lipinski definition) is 4. The zero-order chi connectivity index (χ0) is 14.2. The number of benzene rings is 2. The van der Waals surface area contributed by atoms with Gasteiger partial charge in [0.25, 0.3) is 0 Å². The third-order valence-corrected chi connectivity index (χ3v) is 4.85. The highest BCUT2D eigenvalue weighted by Crippen LogP contribution is 2.32. The summed E-state index contributed by atoms with van der Waals surface area (Å²) in [5, 5.41) is 6.41. The van der Waals surface area contributed by atoms with E-state index in [9.17, 15) is 0 Å². The van der Waals surface area contributed by atoms with E-state index < -0.39 is 0 Å². The predicted octanol–water partition coefficient (Wildman–Crippen LogP) is 5.35. The second-order valence-electron chi connectivity index (χ2n) is 4.61. The van der Waals surface area contributed by atoms with Crippen LogP contribution >= 0.6 is 27.3 Å². The summed E-state index contributed by atoms with van der Waals surface area (Å²) in [6, 6.07) is 16.3. The molecule has 0 amide bonds. The highest BCUT2D eigenvalue weighted by atomic mass is 79.9. The molecule has 0 aliphatic rings. The van der Waals surface area contributed by atoms with Crippen LogP contribution in [0.5, 0.6) is 0 Å². The number of anilines is 2. The van der Waals surface area contributed by atoms with E-state index in [1.165, 1.54) is 4.70 Å². The first-order valence-electron chi connectivity index (χ1n) is 6.47. The Morgan fingerprint density at radius 1 is 0.952 bits per heavy atom. The molecule has 2 aromatic carbocycles. The number of fused-ring (bicyclic) bond motifs is 2. The summed E-state index contributed by atoms with van der Waals surface area (Å²) in [7, 11) is 0. The van der Waals surface area contributed by atoms with Crippen molar-refractivity contribution < 1.29 is 0 Å². The van der Waals surface area contributed by atoms with Gasteiger partial charge in [-0.3, -0.25) is 0 Å². The van der Waals surface area contributed by atoms with Gasteiger partial charge in [0.1, 0.15) is 5.82 Å². The Morgan fingerprint density at radius 2 is 1.71 bits per heavy atom. The fraction of sp³-hybridized carbons (Fsp3) is 0. The average molecular weight is 356 g/mol. The quantitative estimate of drug-likeness (QED) is 0.526. The lowest BCUT2D eigenvalue weighted by Gasteiger charge is -2.07. The Kier molecular flexibility index (Phi) is 3.09. The molecule has 4 aromatic rings. The lowest BCUT2D eigenvalue weighted by Crippen LogP contribution is -1.94. The molecule has 5 heteroatoms. The molecule has 0 aliphatic carbocycles. The van der Waals surface area contributed by atoms with Gasteiger partial charge in [-0.25, -0.2) is 9.97 Å². The first kappa shape index (κ1) is 12.7. The third-order valence-electron chi connectivity index (χ3n) is 3.27. The summed E-state index contributed by atoms with van der Waals surface area (Å²) in [6.07, 6.45) is 1.82. The predicted molar refractivity (Wildman–Crippen MR) is 92.3 cm³/mol. The van der Waals surface area contributed by atoms with Gasteiger partial charge in [-0.1, -0.05) is 47.7 Å². The number of para-hydroxylation sites is 1. The average Bonchev–Trinajstić information content (AvgIpc) is 2.93. The number of aromatic nitrogens is 2. The zero-order valence-corrected chi connectivity index (χ0v) is 13.3. The number of nitrogens with zero attached hydrogens (tertiary/aromatic N) is 2. The second kappa shape index (κ2) is 5.09. The molecule has 0 radical (unpaired) electrons. The van der Waals surface area contributed by atoms with Crippen molar-refractivity contribution in [1.29, 1.82) is 0 Å². The molecular formula is C16H10BrN3S. The maximum Gasteiger partial charge on any atom is 0.189 e. The Morgan fingerprint density at radius 3 is 2.57 bits per heavy atom. The fourth-order valence-electron chi connectivity index (χ4n) is 2.28. The molecule has 0 unspecified atom stereocenters. The Labute approximate surface area is 133 Å². The summed E-state index contributed by atoms with van der Waals surface area (Å²) in [5.41, 5.74) is 1.01. The van der Waals surface area contributed by atoms with Crippen LogP contribution in [0.1, 0.15) is 0 Å². The third kappa shape index (κ3) is 2.28. The number of pyridine rings is 1. The molecule has 0 atom stereocenters. The number of halogens is 1. The van der Waals surface area contributed by atoms with E-state index in [2.05, 4.69) is 49.4 Å². The van der Waals surface area contributed by atoms with E-state index >= 15 is 0 Å². The van der Waals surface area contributed by atoms with Crippen LogP contribution in [0, 0.1) is 0 Å². The van der Waals surface area contributed by atoms with Crippen molar-refractivity contribution in [3.8, 4) is 0 Å². The van der Waals surface area contributed by atoms with Crippen LogP contribution in [-0.2, 0) is 0 Å². The van der Waals surface area contributed by atoms with E-state index in [1.807, 2.05) is 36.5 Å². The zero-order valence-electron chi connectivity index (χ0n) is 10.9. The van der Waals surface area contributed by atoms with Crippen LogP contribution in [0.3, 0.4) is 0 Å². The maximum absolute atomic E-state index is 4.59. The fourth-order valence-corrected chi connectivity index (χ4v) is 3.60. The van der Waals surface area contributed by atoms with Gasteiger partial charge >= 0.3 is 0 Å². The van der Waals surface area contributed by atoms with Crippen LogP contribution in [-0.4, -0.2) is 9.97 Å². The first-order valence-corrected chi connectivity index (χ1v) is 8.08. The monoisotopic (exact) mass is 355 g/mol. The molecule has 0 fully saturated rings. The Hall–Kier alpha value is -1.98. The summed E-state index contributed by atoms with van der Waals surface area (Å²) < 4.78 is 2.16. The van der Waals surface area contributed by atoms with Gasteiger partial charge in [-0.2, -0.15) is 0 Å². The topological polar surface area (TPSA) is 37.8 Å². The lowest BCUT2D eigenvalue weighted by atomic mass is 10.1. The molecule has 0 spiro atoms. The van der Waals surface area contributed by atoms with Gasteiger partial charge in [0.05, 0.1) is 10.2 Å². The molecule has 102 valence electrons. The Balaban J connectivity index is 1.82. The number of nitrogens with one attached hydrogen (secondary N) is 1. The minimum Gasteiger partial charge on any atom is -0.316 e. The molecule has 3 nitrogen and oxygen atoms in total. The van der Waals surface area contributed by atoms with Crippen molar-refractivity contribution in [2.45, 2.75) is 0 Å². The minimum absolute atomic E-state index is 0.827. The smallest absolute Gasteiger partial charge is 0.189 e. The standard InChI is InChI=1S/C16H10BrN3S/c17-12-9-18-15(11-6-2-1-5-10(11)12)20-16-19-13-7-3-4-8-14(13)21-16/h1-9H,(H,18,19,20). The maximum atomic E-state index is 4.59. The highest BCUT2D eigenvalue weighted by Gasteiger charge is 2.08. The van der Waals surface area contributed by atoms with Gasteiger partial charge in [0.2, 0.25) is 0 Å². The highest BCUT2D eigenvalue weighted by molar-refractivity contribution is 9.10. The van der Waals surface area contributed by atoms with Gasteiger partial charge in [0, 0.05) is 21.4 Å². The molecule has 1 N–H and O–H groups in total. The normalized spacial score (nSPS) is 11.1. The Bertz CT molecular complexity index is 915. The van der Waals surface area contributed by atoms with Crippen molar-refractivity contribution in [1.82, 2.24) is 9.97 Å². The summed E-state index contributed by atoms with van der Waals surface area (Å²) in [4.78, 5) is 9.07. The van der Waals surface area contributed by atoms with Crippen molar-refractivity contribution >= 4 is 59.2 Å². The van der Waals surface area contributed by atoms with Crippen LogP contribution in [0.15, 0.2) is 59.2 Å². The van der Waals surface area contributed by atoms with E-state index in [1.54, 1.807) is 11.3 Å². The molecule has 0 aliphatic heterocycles. The van der Waals surface area contributed by atoms with Crippen molar-refractivity contribution in [3.05, 3.63) is 59.2 Å². The van der Waals surface area contributed by atoms with E-state index in [0.29, 0.717) is 0 Å². The molecule has 4 rings (SSSR count). The molecule has 2 aromatic heterocycles. The van der Waals surface area contributed by atoms with Gasteiger partial charge in [-0.05, 0) is 28.1 Å². The number of thiazole rings is 1.